The van der Waals surface area contributed by atoms with Crippen LogP contribution in [0.25, 0.3) is 0 Å². The van der Waals surface area contributed by atoms with Crippen LogP contribution in [0.1, 0.15) is 58.6 Å². The molecule has 2 aromatic rings. The molecule has 1 amide bonds. The Hall–Kier alpha value is -3.33. The summed E-state index contributed by atoms with van der Waals surface area (Å²) < 4.78 is 35.4. The van der Waals surface area contributed by atoms with Crippen molar-refractivity contribution in [2.45, 2.75) is 70.9 Å². The average Bonchev–Trinajstić information content (AvgIpc) is 2.81. The van der Waals surface area contributed by atoms with Crippen molar-refractivity contribution in [1.82, 2.24) is 4.90 Å². The molecule has 0 aromatic heterocycles. The predicted octanol–water partition coefficient (Wildman–Crippen LogP) is 5.77. The molecular weight excluding hydrogens is 484 g/mol. The van der Waals surface area contributed by atoms with Crippen LogP contribution < -0.4 is 0 Å². The van der Waals surface area contributed by atoms with Crippen molar-refractivity contribution in [2.75, 3.05) is 7.05 Å². The van der Waals surface area contributed by atoms with Crippen LogP contribution in [0.15, 0.2) is 54.6 Å². The van der Waals surface area contributed by atoms with Crippen molar-refractivity contribution in [3.8, 4) is 0 Å². The molecule has 7 nitrogen and oxygen atoms in total. The smallest absolute Gasteiger partial charge is 0.411 e. The Balaban J connectivity index is 2.70. The van der Waals surface area contributed by atoms with Gasteiger partial charge in [-0.2, -0.15) is 4.89 Å². The Kier molecular flexibility index (Phi) is 9.54. The summed E-state index contributed by atoms with van der Waals surface area (Å²) in [6.07, 6.45) is -0.556. The SMILES string of the molecule is CC(C=O)[C@@](C(=O)OOCc1ccccc1)(C(c1ccc(F)cc1)C(C)(C)F)N(C)C(=O)OC(C)(C)C. The van der Waals surface area contributed by atoms with Gasteiger partial charge in [0.15, 0.2) is 5.54 Å². The van der Waals surface area contributed by atoms with Crippen molar-refractivity contribution in [3.63, 3.8) is 0 Å². The monoisotopic (exact) mass is 519 g/mol. The fraction of sp³-hybridized carbons (Fsp3) is 0.464. The topological polar surface area (TPSA) is 82.1 Å². The maximum Gasteiger partial charge on any atom is 0.411 e. The molecule has 0 saturated heterocycles. The number of alkyl halides is 1. The number of benzene rings is 2. The Morgan fingerprint density at radius 3 is 2.05 bits per heavy atom. The molecule has 0 radical (unpaired) electrons. The number of hydrogen-bond acceptors (Lipinski definition) is 6. The number of hydrogen-bond donors (Lipinski definition) is 0. The maximum absolute atomic E-state index is 16.1. The lowest BCUT2D eigenvalue weighted by Crippen LogP contribution is -2.67. The van der Waals surface area contributed by atoms with Crippen LogP contribution in [0.4, 0.5) is 13.6 Å². The van der Waals surface area contributed by atoms with Crippen LogP contribution in [-0.4, -0.2) is 47.1 Å². The van der Waals surface area contributed by atoms with Crippen molar-refractivity contribution in [2.24, 2.45) is 5.92 Å². The number of carbonyl (C=O) groups is 3. The third kappa shape index (κ3) is 7.13. The lowest BCUT2D eigenvalue weighted by molar-refractivity contribution is -0.291. The summed E-state index contributed by atoms with van der Waals surface area (Å²) in [5, 5.41) is 0. The van der Waals surface area contributed by atoms with Gasteiger partial charge in [-0.25, -0.2) is 18.4 Å². The first-order valence-corrected chi connectivity index (χ1v) is 11.9. The molecule has 0 bridgehead atoms. The van der Waals surface area contributed by atoms with Gasteiger partial charge in [-0.15, -0.1) is 0 Å². The second-order valence-electron chi connectivity index (χ2n) is 10.5. The minimum atomic E-state index is -2.28. The molecule has 2 aromatic carbocycles. The van der Waals surface area contributed by atoms with Crippen LogP contribution >= 0.6 is 0 Å². The van der Waals surface area contributed by atoms with Crippen LogP contribution in [0, 0.1) is 11.7 Å². The molecule has 0 saturated carbocycles. The first-order chi connectivity index (χ1) is 17.1. The Morgan fingerprint density at radius 1 is 1.00 bits per heavy atom. The first-order valence-electron chi connectivity index (χ1n) is 11.9. The van der Waals surface area contributed by atoms with E-state index in [-0.39, 0.29) is 12.2 Å². The van der Waals surface area contributed by atoms with E-state index in [1.165, 1.54) is 40.0 Å². The summed E-state index contributed by atoms with van der Waals surface area (Å²) in [5.41, 5.74) is -4.62. The van der Waals surface area contributed by atoms with Crippen LogP contribution in [0.2, 0.25) is 0 Å². The summed E-state index contributed by atoms with van der Waals surface area (Å²) in [6, 6.07) is 13.6. The highest BCUT2D eigenvalue weighted by Gasteiger charge is 2.62. The van der Waals surface area contributed by atoms with Gasteiger partial charge in [-0.1, -0.05) is 49.4 Å². The van der Waals surface area contributed by atoms with E-state index in [0.29, 0.717) is 11.8 Å². The second kappa shape index (κ2) is 11.8. The van der Waals surface area contributed by atoms with Gasteiger partial charge < -0.3 is 9.53 Å². The average molecular weight is 520 g/mol. The van der Waals surface area contributed by atoms with E-state index < -0.39 is 46.5 Å². The zero-order chi connectivity index (χ0) is 28.0. The third-order valence-corrected chi connectivity index (χ3v) is 5.98. The number of likely N-dealkylation sites (N-methyl/N-ethyl adjacent to an activating group) is 1. The standard InChI is InChI=1S/C28H35F2NO6/c1-19(17-32)28(31(7)25(34)36-26(2,3)4,24(33)37-35-18-20-11-9-8-10-12-20)23(27(5,6)30)21-13-15-22(29)16-14-21/h8-17,19,23H,18H2,1-7H3/t19?,23?,28-/m0/s1. The van der Waals surface area contributed by atoms with Crippen LogP contribution in [0.5, 0.6) is 0 Å². The number of rotatable bonds is 10. The highest BCUT2D eigenvalue weighted by molar-refractivity contribution is 5.90. The number of amides is 1. The molecule has 2 rings (SSSR count). The molecule has 0 fully saturated rings. The number of aldehydes is 1. The summed E-state index contributed by atoms with van der Waals surface area (Å²) in [7, 11) is 1.23. The molecule has 2 unspecified atom stereocenters. The molecule has 0 aliphatic rings. The quantitative estimate of drug-likeness (QED) is 0.225. The van der Waals surface area contributed by atoms with E-state index in [1.807, 2.05) is 0 Å². The van der Waals surface area contributed by atoms with Crippen molar-refractivity contribution in [3.05, 3.63) is 71.5 Å². The first kappa shape index (κ1) is 29.9. The van der Waals surface area contributed by atoms with Gasteiger partial charge in [-0.05, 0) is 57.9 Å². The summed E-state index contributed by atoms with van der Waals surface area (Å²) in [4.78, 5) is 50.7. The Morgan fingerprint density at radius 2 is 1.57 bits per heavy atom. The molecule has 202 valence electrons. The number of ether oxygens (including phenoxy) is 1. The Labute approximate surface area is 216 Å². The lowest BCUT2D eigenvalue weighted by atomic mass is 9.65. The van der Waals surface area contributed by atoms with E-state index in [1.54, 1.807) is 51.1 Å². The highest BCUT2D eigenvalue weighted by Crippen LogP contribution is 2.48. The van der Waals surface area contributed by atoms with E-state index >= 15 is 4.39 Å². The highest BCUT2D eigenvalue weighted by atomic mass is 19.1. The summed E-state index contributed by atoms with van der Waals surface area (Å²) in [5.74, 6) is -4.56. The van der Waals surface area contributed by atoms with Crippen molar-refractivity contribution < 1.29 is 37.7 Å². The van der Waals surface area contributed by atoms with E-state index in [4.69, 9.17) is 14.5 Å². The maximum atomic E-state index is 16.1. The van der Waals surface area contributed by atoms with Crippen LogP contribution in [0.3, 0.4) is 0 Å². The third-order valence-electron chi connectivity index (χ3n) is 5.98. The second-order valence-corrected chi connectivity index (χ2v) is 10.5. The molecular formula is C28H35F2NO6. The summed E-state index contributed by atoms with van der Waals surface area (Å²) >= 11 is 0. The largest absolute Gasteiger partial charge is 0.444 e. The molecule has 0 aliphatic carbocycles. The molecule has 0 spiro atoms. The molecule has 3 atom stereocenters. The number of carbonyl (C=O) groups excluding carboxylic acids is 3. The normalized spacial score (nSPS) is 15.2. The van der Waals surface area contributed by atoms with Crippen molar-refractivity contribution >= 4 is 18.3 Å². The summed E-state index contributed by atoms with van der Waals surface area (Å²) in [6.45, 7) is 8.52. The zero-order valence-electron chi connectivity index (χ0n) is 22.3. The molecule has 37 heavy (non-hydrogen) atoms. The van der Waals surface area contributed by atoms with Gasteiger partial charge in [0.1, 0.15) is 30.0 Å². The van der Waals surface area contributed by atoms with Gasteiger partial charge in [0.2, 0.25) is 0 Å². The van der Waals surface area contributed by atoms with Gasteiger partial charge in [0.25, 0.3) is 0 Å². The minimum Gasteiger partial charge on any atom is -0.444 e. The van der Waals surface area contributed by atoms with E-state index in [2.05, 4.69) is 0 Å². The van der Waals surface area contributed by atoms with Gasteiger partial charge in [0, 0.05) is 13.0 Å². The molecule has 0 N–H and O–H groups in total. The molecule has 0 heterocycles. The van der Waals surface area contributed by atoms with Crippen LogP contribution in [-0.2, 0) is 30.7 Å². The minimum absolute atomic E-state index is 0.130. The van der Waals surface area contributed by atoms with Gasteiger partial charge >= 0.3 is 12.1 Å². The fourth-order valence-corrected chi connectivity index (χ4v) is 4.41. The zero-order valence-corrected chi connectivity index (χ0v) is 22.3. The molecule has 9 heteroatoms. The Bertz CT molecular complexity index is 1060. The number of nitrogens with zero attached hydrogens (tertiary/aromatic N) is 1. The predicted molar refractivity (Wildman–Crippen MR) is 134 cm³/mol. The number of halogens is 2. The van der Waals surface area contributed by atoms with Gasteiger partial charge in [0.05, 0.1) is 5.92 Å². The van der Waals surface area contributed by atoms with Crippen molar-refractivity contribution in [1.29, 1.82) is 0 Å². The lowest BCUT2D eigenvalue weighted by Gasteiger charge is -2.49. The fourth-order valence-electron chi connectivity index (χ4n) is 4.41. The molecule has 0 aliphatic heterocycles. The van der Waals surface area contributed by atoms with Gasteiger partial charge in [-0.3, -0.25) is 9.79 Å². The van der Waals surface area contributed by atoms with E-state index in [0.717, 1.165) is 17.0 Å². The van der Waals surface area contributed by atoms with E-state index in [9.17, 15) is 18.8 Å².